The summed E-state index contributed by atoms with van der Waals surface area (Å²) >= 11 is 0. The van der Waals surface area contributed by atoms with Crippen LogP contribution in [0, 0.1) is 0 Å². The largest absolute Gasteiger partial charge is 0.494 e. The van der Waals surface area contributed by atoms with E-state index in [0.29, 0.717) is 36.8 Å². The molecule has 0 unspecified atom stereocenters. The van der Waals surface area contributed by atoms with Crippen LogP contribution in [0.25, 0.3) is 0 Å². The minimum absolute atomic E-state index is 0.117. The molecule has 0 aromatic heterocycles. The number of benzene rings is 2. The van der Waals surface area contributed by atoms with E-state index in [9.17, 15) is 13.2 Å². The Morgan fingerprint density at radius 1 is 1.13 bits per heavy atom. The standard InChI is InChI=1S/C21H26N2O6S/c1-3-27-18-9-6-16(7-10-18)14-22-21(24)5-4-12-23(30(2,25)26)17-8-11-19-20(13-17)29-15-28-19/h6-11,13H,3-5,12,14-15H2,1-2H3,(H,22,24). The predicted octanol–water partition coefficient (Wildman–Crippen LogP) is 2.68. The molecule has 1 heterocycles. The van der Waals surface area contributed by atoms with Crippen LogP contribution in [0.1, 0.15) is 25.3 Å². The Hall–Kier alpha value is -2.94. The summed E-state index contributed by atoms with van der Waals surface area (Å²) in [5.41, 5.74) is 1.45. The molecule has 0 bridgehead atoms. The van der Waals surface area contributed by atoms with Gasteiger partial charge in [0.2, 0.25) is 22.7 Å². The summed E-state index contributed by atoms with van der Waals surface area (Å²) < 4.78 is 41.7. The fourth-order valence-electron chi connectivity index (χ4n) is 3.07. The van der Waals surface area contributed by atoms with E-state index >= 15 is 0 Å². The van der Waals surface area contributed by atoms with Gasteiger partial charge >= 0.3 is 0 Å². The molecule has 1 N–H and O–H groups in total. The smallest absolute Gasteiger partial charge is 0.232 e. The minimum atomic E-state index is -3.50. The van der Waals surface area contributed by atoms with Gasteiger partial charge in [0, 0.05) is 25.6 Å². The number of hydrogen-bond donors (Lipinski definition) is 1. The minimum Gasteiger partial charge on any atom is -0.494 e. The average Bonchev–Trinajstić information content (AvgIpc) is 3.18. The second kappa shape index (κ2) is 9.71. The molecule has 1 aliphatic heterocycles. The molecule has 0 atom stereocenters. The third-order valence-corrected chi connectivity index (χ3v) is 5.73. The molecular weight excluding hydrogens is 408 g/mol. The first-order valence-corrected chi connectivity index (χ1v) is 11.6. The Kier molecular flexibility index (Phi) is 7.04. The van der Waals surface area contributed by atoms with Crippen molar-refractivity contribution in [3.63, 3.8) is 0 Å². The van der Waals surface area contributed by atoms with Crippen LogP contribution in [0.2, 0.25) is 0 Å². The van der Waals surface area contributed by atoms with Crippen LogP contribution < -0.4 is 23.8 Å². The van der Waals surface area contributed by atoms with Gasteiger partial charge in [0.25, 0.3) is 0 Å². The highest BCUT2D eigenvalue weighted by atomic mass is 32.2. The van der Waals surface area contributed by atoms with Gasteiger partial charge < -0.3 is 19.5 Å². The molecular formula is C21H26N2O6S. The maximum absolute atomic E-state index is 12.2. The number of amides is 1. The topological polar surface area (TPSA) is 94.2 Å². The third kappa shape index (κ3) is 5.79. The van der Waals surface area contributed by atoms with Crippen LogP contribution >= 0.6 is 0 Å². The lowest BCUT2D eigenvalue weighted by Gasteiger charge is -2.22. The number of nitrogens with zero attached hydrogens (tertiary/aromatic N) is 1. The lowest BCUT2D eigenvalue weighted by Crippen LogP contribution is -2.32. The number of ether oxygens (including phenoxy) is 3. The number of nitrogens with one attached hydrogen (secondary N) is 1. The Balaban J connectivity index is 1.50. The van der Waals surface area contributed by atoms with E-state index in [1.54, 1.807) is 18.2 Å². The summed E-state index contributed by atoms with van der Waals surface area (Å²) in [4.78, 5) is 12.2. The molecule has 1 aliphatic rings. The zero-order chi connectivity index (χ0) is 21.6. The fourth-order valence-corrected chi connectivity index (χ4v) is 4.03. The fraction of sp³-hybridized carbons (Fsp3) is 0.381. The first-order valence-electron chi connectivity index (χ1n) is 9.72. The number of anilines is 1. The number of fused-ring (bicyclic) bond motifs is 1. The summed E-state index contributed by atoms with van der Waals surface area (Å²) in [6.45, 7) is 3.24. The van der Waals surface area contributed by atoms with Crippen LogP contribution in [-0.2, 0) is 21.4 Å². The van der Waals surface area contributed by atoms with Gasteiger partial charge in [0.05, 0.1) is 18.6 Å². The SMILES string of the molecule is CCOc1ccc(CNC(=O)CCCN(c2ccc3c(c2)OCO3)S(C)(=O)=O)cc1. The van der Waals surface area contributed by atoms with Gasteiger partial charge in [0.1, 0.15) is 5.75 Å². The average molecular weight is 435 g/mol. The van der Waals surface area contributed by atoms with Crippen molar-refractivity contribution in [2.24, 2.45) is 0 Å². The van der Waals surface area contributed by atoms with Gasteiger partial charge in [-0.1, -0.05) is 12.1 Å². The molecule has 1 amide bonds. The lowest BCUT2D eigenvalue weighted by atomic mass is 10.2. The number of carbonyl (C=O) groups excluding carboxylic acids is 1. The van der Waals surface area contributed by atoms with E-state index in [2.05, 4.69) is 5.32 Å². The maximum atomic E-state index is 12.2. The molecule has 2 aromatic rings. The first kappa shape index (κ1) is 21.8. The maximum Gasteiger partial charge on any atom is 0.232 e. The highest BCUT2D eigenvalue weighted by Crippen LogP contribution is 2.36. The van der Waals surface area contributed by atoms with Crippen molar-refractivity contribution in [3.8, 4) is 17.2 Å². The van der Waals surface area contributed by atoms with E-state index in [-0.39, 0.29) is 25.7 Å². The molecule has 9 heteroatoms. The monoisotopic (exact) mass is 434 g/mol. The quantitative estimate of drug-likeness (QED) is 0.618. The van der Waals surface area contributed by atoms with E-state index in [0.717, 1.165) is 17.6 Å². The van der Waals surface area contributed by atoms with Crippen molar-refractivity contribution in [2.45, 2.75) is 26.3 Å². The highest BCUT2D eigenvalue weighted by molar-refractivity contribution is 7.92. The zero-order valence-electron chi connectivity index (χ0n) is 17.1. The van der Waals surface area contributed by atoms with Crippen molar-refractivity contribution in [1.82, 2.24) is 5.32 Å². The van der Waals surface area contributed by atoms with E-state index in [1.165, 1.54) is 4.31 Å². The van der Waals surface area contributed by atoms with Gasteiger partial charge in [-0.05, 0) is 43.2 Å². The van der Waals surface area contributed by atoms with Crippen LogP contribution in [0.3, 0.4) is 0 Å². The molecule has 3 rings (SSSR count). The first-order chi connectivity index (χ1) is 14.4. The Bertz CT molecular complexity index is 975. The van der Waals surface area contributed by atoms with E-state index < -0.39 is 10.0 Å². The number of carbonyl (C=O) groups is 1. The molecule has 0 fully saturated rings. The number of sulfonamides is 1. The molecule has 0 aliphatic carbocycles. The normalized spacial score (nSPS) is 12.5. The number of rotatable bonds is 10. The van der Waals surface area contributed by atoms with Crippen LogP contribution in [0.5, 0.6) is 17.2 Å². The van der Waals surface area contributed by atoms with Gasteiger partial charge in [-0.2, -0.15) is 0 Å². The number of hydrogen-bond acceptors (Lipinski definition) is 6. The molecule has 2 aromatic carbocycles. The van der Waals surface area contributed by atoms with E-state index in [4.69, 9.17) is 14.2 Å². The van der Waals surface area contributed by atoms with Crippen molar-refractivity contribution >= 4 is 21.6 Å². The van der Waals surface area contributed by atoms with Gasteiger partial charge in [-0.3, -0.25) is 9.10 Å². The highest BCUT2D eigenvalue weighted by Gasteiger charge is 2.21. The van der Waals surface area contributed by atoms with E-state index in [1.807, 2.05) is 31.2 Å². The molecule has 0 saturated carbocycles. The van der Waals surface area contributed by atoms with Crippen LogP contribution in [-0.4, -0.2) is 40.5 Å². The lowest BCUT2D eigenvalue weighted by molar-refractivity contribution is -0.121. The Labute approximate surface area is 176 Å². The van der Waals surface area contributed by atoms with Crippen molar-refractivity contribution in [3.05, 3.63) is 48.0 Å². The van der Waals surface area contributed by atoms with Gasteiger partial charge in [-0.15, -0.1) is 0 Å². The van der Waals surface area contributed by atoms with Crippen molar-refractivity contribution in [2.75, 3.05) is 30.5 Å². The van der Waals surface area contributed by atoms with Crippen molar-refractivity contribution in [1.29, 1.82) is 0 Å². The Morgan fingerprint density at radius 3 is 2.57 bits per heavy atom. The summed E-state index contributed by atoms with van der Waals surface area (Å²) in [6, 6.07) is 12.5. The predicted molar refractivity (Wildman–Crippen MR) is 113 cm³/mol. The van der Waals surface area contributed by atoms with Gasteiger partial charge in [-0.25, -0.2) is 8.42 Å². The second-order valence-corrected chi connectivity index (χ2v) is 8.74. The summed E-state index contributed by atoms with van der Waals surface area (Å²) in [5, 5.41) is 2.85. The van der Waals surface area contributed by atoms with Crippen LogP contribution in [0.4, 0.5) is 5.69 Å². The molecule has 0 saturated heterocycles. The summed E-state index contributed by atoms with van der Waals surface area (Å²) in [5.74, 6) is 1.75. The molecule has 0 spiro atoms. The zero-order valence-corrected chi connectivity index (χ0v) is 17.9. The second-order valence-electron chi connectivity index (χ2n) is 6.83. The van der Waals surface area contributed by atoms with Crippen LogP contribution in [0.15, 0.2) is 42.5 Å². The third-order valence-electron chi connectivity index (χ3n) is 4.53. The summed E-state index contributed by atoms with van der Waals surface area (Å²) in [7, 11) is -3.50. The molecule has 0 radical (unpaired) electrons. The van der Waals surface area contributed by atoms with Crippen molar-refractivity contribution < 1.29 is 27.4 Å². The molecule has 8 nitrogen and oxygen atoms in total. The molecule has 162 valence electrons. The molecule has 30 heavy (non-hydrogen) atoms. The Morgan fingerprint density at radius 2 is 1.87 bits per heavy atom. The summed E-state index contributed by atoms with van der Waals surface area (Å²) in [6.07, 6.45) is 1.74. The van der Waals surface area contributed by atoms with Gasteiger partial charge in [0.15, 0.2) is 11.5 Å².